The molecule has 26 heavy (non-hydrogen) atoms. The Morgan fingerprint density at radius 1 is 1.27 bits per heavy atom. The summed E-state index contributed by atoms with van der Waals surface area (Å²) in [5, 5.41) is 11.0. The molecule has 0 aliphatic heterocycles. The van der Waals surface area contributed by atoms with Gasteiger partial charge >= 0.3 is 5.97 Å². The quantitative estimate of drug-likeness (QED) is 0.611. The van der Waals surface area contributed by atoms with E-state index in [1.54, 1.807) is 18.0 Å². The van der Waals surface area contributed by atoms with Gasteiger partial charge in [-0.2, -0.15) is 0 Å². The van der Waals surface area contributed by atoms with Gasteiger partial charge in [0.05, 0.1) is 11.6 Å². The summed E-state index contributed by atoms with van der Waals surface area (Å²) in [5.74, 6) is -0.997. The number of pyridine rings is 1. The number of rotatable bonds is 4. The summed E-state index contributed by atoms with van der Waals surface area (Å²) >= 11 is 7.67. The minimum Gasteiger partial charge on any atom is -0.481 e. The summed E-state index contributed by atoms with van der Waals surface area (Å²) in [5.41, 5.74) is 3.06. The van der Waals surface area contributed by atoms with Crippen LogP contribution in [0.3, 0.4) is 0 Å². The largest absolute Gasteiger partial charge is 0.481 e. The molecule has 2 N–H and O–H groups in total. The van der Waals surface area contributed by atoms with Crippen LogP contribution in [0.15, 0.2) is 58.5 Å². The van der Waals surface area contributed by atoms with Gasteiger partial charge in [-0.3, -0.25) is 4.79 Å². The lowest BCUT2D eigenvalue weighted by Gasteiger charge is -2.18. The van der Waals surface area contributed by atoms with Crippen LogP contribution in [0.4, 0.5) is 0 Å². The molecule has 1 atom stereocenters. The van der Waals surface area contributed by atoms with Crippen LogP contribution in [-0.4, -0.2) is 21.0 Å². The molecule has 2 aromatic heterocycles. The highest BCUT2D eigenvalue weighted by Crippen LogP contribution is 2.41. The molecule has 1 unspecified atom stereocenters. The van der Waals surface area contributed by atoms with E-state index in [4.69, 9.17) is 11.6 Å². The predicted octanol–water partition coefficient (Wildman–Crippen LogP) is 5.64. The van der Waals surface area contributed by atoms with Crippen LogP contribution in [0.25, 0.3) is 16.6 Å². The molecule has 0 saturated carbocycles. The van der Waals surface area contributed by atoms with E-state index in [1.165, 1.54) is 0 Å². The number of allylic oxidation sites excluding steroid dienone is 2. The van der Waals surface area contributed by atoms with Gasteiger partial charge in [0.1, 0.15) is 5.65 Å². The molecule has 4 nitrogen and oxygen atoms in total. The first-order valence-corrected chi connectivity index (χ1v) is 9.63. The topological polar surface area (TPSA) is 66.0 Å². The van der Waals surface area contributed by atoms with E-state index in [-0.39, 0.29) is 5.92 Å². The second-order valence-corrected chi connectivity index (χ2v) is 7.84. The number of fused-ring (bicyclic) bond motifs is 1. The van der Waals surface area contributed by atoms with Crippen molar-refractivity contribution in [1.82, 2.24) is 9.97 Å². The van der Waals surface area contributed by atoms with Crippen LogP contribution >= 0.6 is 23.4 Å². The molecular formula is C20H17ClN2O2S. The zero-order valence-corrected chi connectivity index (χ0v) is 15.5. The van der Waals surface area contributed by atoms with Crippen molar-refractivity contribution >= 4 is 45.9 Å². The molecule has 0 radical (unpaired) electrons. The molecule has 2 heterocycles. The minimum absolute atomic E-state index is 0.284. The maximum atomic E-state index is 11.2. The number of carboxylic acids is 1. The van der Waals surface area contributed by atoms with Crippen molar-refractivity contribution < 1.29 is 9.90 Å². The van der Waals surface area contributed by atoms with E-state index in [9.17, 15) is 9.90 Å². The average Bonchev–Trinajstić information content (AvgIpc) is 3.02. The second-order valence-electron chi connectivity index (χ2n) is 6.32. The Labute approximate surface area is 160 Å². The Bertz CT molecular complexity index is 995. The molecule has 0 amide bonds. The lowest BCUT2D eigenvalue weighted by Crippen LogP contribution is -2.15. The number of aromatic nitrogens is 2. The number of H-pyrrole nitrogens is 1. The van der Waals surface area contributed by atoms with Crippen molar-refractivity contribution in [3.8, 4) is 0 Å². The van der Waals surface area contributed by atoms with Crippen molar-refractivity contribution in [3.05, 3.63) is 59.4 Å². The van der Waals surface area contributed by atoms with E-state index in [0.29, 0.717) is 17.9 Å². The molecule has 6 heteroatoms. The number of nitrogens with zero attached hydrogens (tertiary/aromatic N) is 1. The van der Waals surface area contributed by atoms with E-state index in [2.05, 4.69) is 22.1 Å². The third-order valence-electron chi connectivity index (χ3n) is 4.64. The van der Waals surface area contributed by atoms with Gasteiger partial charge in [-0.25, -0.2) is 4.98 Å². The standard InChI is InChI=1S/C20H17ClN2O2S/c21-14-7-9-15(10-8-14)26-18-16-2-1-11-22-19(16)23-17(18)12-3-5-13(6-4-12)20(24)25/h1-3,7-11,13H,4-6H2,(H,22,23)(H,24,25). The molecular weight excluding hydrogens is 368 g/mol. The van der Waals surface area contributed by atoms with Crippen molar-refractivity contribution in [2.24, 2.45) is 5.92 Å². The molecule has 1 aromatic carbocycles. The smallest absolute Gasteiger partial charge is 0.306 e. The zero-order chi connectivity index (χ0) is 18.1. The van der Waals surface area contributed by atoms with Gasteiger partial charge in [-0.15, -0.1) is 0 Å². The molecule has 0 fully saturated rings. The highest BCUT2D eigenvalue weighted by Gasteiger charge is 2.24. The Morgan fingerprint density at radius 3 is 2.77 bits per heavy atom. The first-order valence-electron chi connectivity index (χ1n) is 8.44. The number of benzene rings is 1. The SMILES string of the molecule is O=C(O)C1CC=C(c2[nH]c3ncccc3c2Sc2ccc(Cl)cc2)CC1. The van der Waals surface area contributed by atoms with Crippen LogP contribution in [0.5, 0.6) is 0 Å². The molecule has 0 saturated heterocycles. The number of hydrogen-bond donors (Lipinski definition) is 2. The molecule has 3 aromatic rings. The van der Waals surface area contributed by atoms with Crippen molar-refractivity contribution in [2.75, 3.05) is 0 Å². The first-order chi connectivity index (χ1) is 12.6. The van der Waals surface area contributed by atoms with Crippen LogP contribution < -0.4 is 0 Å². The van der Waals surface area contributed by atoms with Crippen LogP contribution in [0.1, 0.15) is 25.0 Å². The van der Waals surface area contributed by atoms with Gasteiger partial charge in [0, 0.05) is 26.4 Å². The fraction of sp³-hybridized carbons (Fsp3) is 0.200. The third-order valence-corrected chi connectivity index (χ3v) is 6.03. The monoisotopic (exact) mass is 384 g/mol. The first kappa shape index (κ1) is 17.2. The minimum atomic E-state index is -0.714. The summed E-state index contributed by atoms with van der Waals surface area (Å²) in [6.07, 6.45) is 5.81. The maximum Gasteiger partial charge on any atom is 0.306 e. The fourth-order valence-electron chi connectivity index (χ4n) is 3.24. The number of carboxylic acid groups (broad SMARTS) is 1. The van der Waals surface area contributed by atoms with E-state index < -0.39 is 5.97 Å². The van der Waals surface area contributed by atoms with Crippen molar-refractivity contribution in [1.29, 1.82) is 0 Å². The summed E-state index contributed by atoms with van der Waals surface area (Å²) in [7, 11) is 0. The summed E-state index contributed by atoms with van der Waals surface area (Å²) in [6.45, 7) is 0. The highest BCUT2D eigenvalue weighted by atomic mass is 35.5. The van der Waals surface area contributed by atoms with E-state index in [1.807, 2.05) is 30.3 Å². The van der Waals surface area contributed by atoms with Crippen LogP contribution in [0, 0.1) is 5.92 Å². The molecule has 0 bridgehead atoms. The maximum absolute atomic E-state index is 11.2. The van der Waals surface area contributed by atoms with Gasteiger partial charge in [-0.1, -0.05) is 29.4 Å². The molecule has 1 aliphatic carbocycles. The number of aliphatic carboxylic acids is 1. The number of carbonyl (C=O) groups is 1. The number of nitrogens with one attached hydrogen (secondary N) is 1. The lowest BCUT2D eigenvalue weighted by molar-refractivity contribution is -0.141. The zero-order valence-electron chi connectivity index (χ0n) is 13.9. The molecule has 1 aliphatic rings. The lowest BCUT2D eigenvalue weighted by atomic mass is 9.88. The van der Waals surface area contributed by atoms with Gasteiger partial charge < -0.3 is 10.1 Å². The van der Waals surface area contributed by atoms with Crippen LogP contribution in [0.2, 0.25) is 5.02 Å². The van der Waals surface area contributed by atoms with Gasteiger partial charge in [0.25, 0.3) is 0 Å². The highest BCUT2D eigenvalue weighted by molar-refractivity contribution is 7.99. The predicted molar refractivity (Wildman–Crippen MR) is 105 cm³/mol. The Hall–Kier alpha value is -2.24. The normalized spacial score (nSPS) is 17.3. The number of halogens is 1. The fourth-order valence-corrected chi connectivity index (χ4v) is 4.43. The molecule has 132 valence electrons. The Kier molecular flexibility index (Phi) is 4.74. The second kappa shape index (κ2) is 7.17. The van der Waals surface area contributed by atoms with Gasteiger partial charge in [-0.05, 0) is 61.2 Å². The molecule has 0 spiro atoms. The van der Waals surface area contributed by atoms with Gasteiger partial charge in [0.2, 0.25) is 0 Å². The number of aromatic amines is 1. The Balaban J connectivity index is 1.75. The average molecular weight is 385 g/mol. The van der Waals surface area contributed by atoms with Crippen molar-refractivity contribution in [2.45, 2.75) is 29.1 Å². The van der Waals surface area contributed by atoms with Crippen LogP contribution in [-0.2, 0) is 4.79 Å². The third kappa shape index (κ3) is 3.37. The van der Waals surface area contributed by atoms with Gasteiger partial charge in [0.15, 0.2) is 0 Å². The molecule has 4 rings (SSSR count). The summed E-state index contributed by atoms with van der Waals surface area (Å²) in [6, 6.07) is 11.8. The Morgan fingerprint density at radius 2 is 2.08 bits per heavy atom. The van der Waals surface area contributed by atoms with E-state index >= 15 is 0 Å². The van der Waals surface area contributed by atoms with Crippen molar-refractivity contribution in [3.63, 3.8) is 0 Å². The summed E-state index contributed by atoms with van der Waals surface area (Å²) < 4.78 is 0. The number of hydrogen-bond acceptors (Lipinski definition) is 3. The van der Waals surface area contributed by atoms with E-state index in [0.717, 1.165) is 38.5 Å². The summed E-state index contributed by atoms with van der Waals surface area (Å²) in [4.78, 5) is 21.3.